The average Bonchev–Trinajstić information content (AvgIpc) is 3.88. The molecule has 11 nitrogen and oxygen atoms in total. The Morgan fingerprint density at radius 3 is 2.52 bits per heavy atom. The van der Waals surface area contributed by atoms with Crippen LogP contribution in [0.25, 0.3) is 10.8 Å². The van der Waals surface area contributed by atoms with Gasteiger partial charge in [0.05, 0.1) is 25.1 Å². The van der Waals surface area contributed by atoms with E-state index in [-0.39, 0.29) is 36.6 Å². The average molecular weight is 647 g/mol. The van der Waals surface area contributed by atoms with Crippen LogP contribution < -0.4 is 19.5 Å². The van der Waals surface area contributed by atoms with E-state index in [0.717, 1.165) is 5.39 Å². The summed E-state index contributed by atoms with van der Waals surface area (Å²) in [5.41, 5.74) is -1.85. The summed E-state index contributed by atoms with van der Waals surface area (Å²) in [6.45, 7) is 11.5. The maximum absolute atomic E-state index is 13.9. The van der Waals surface area contributed by atoms with Gasteiger partial charge in [-0.05, 0) is 42.9 Å². The molecule has 2 saturated carbocycles. The minimum absolute atomic E-state index is 0.104. The lowest BCUT2D eigenvalue weighted by Gasteiger charge is -2.33. The van der Waals surface area contributed by atoms with Crippen molar-refractivity contribution in [3.63, 3.8) is 0 Å². The molecule has 3 fully saturated rings. The Kier molecular flexibility index (Phi) is 8.39. The SMILES string of the molecule is C=C[C@@H]1C[C@]1(NC(=O)[C@@H]1C[C@@H](Oc2ncc(OC)c3ccc(Cl)cc23)CN1C(=O)[C@@H](C)C(C)(C)C)C(=O)NS(=O)(=O)C1CC1. The number of pyridine rings is 1. The minimum Gasteiger partial charge on any atom is -0.494 e. The molecule has 2 N–H and O–H groups in total. The summed E-state index contributed by atoms with van der Waals surface area (Å²) in [4.78, 5) is 46.9. The van der Waals surface area contributed by atoms with Crippen molar-refractivity contribution in [1.82, 2.24) is 19.9 Å². The zero-order valence-electron chi connectivity index (χ0n) is 25.6. The lowest BCUT2D eigenvalue weighted by molar-refractivity contribution is -0.144. The third kappa shape index (κ3) is 6.10. The van der Waals surface area contributed by atoms with E-state index in [1.165, 1.54) is 24.3 Å². The molecule has 3 amide bonds. The van der Waals surface area contributed by atoms with Crippen molar-refractivity contribution in [2.75, 3.05) is 13.7 Å². The van der Waals surface area contributed by atoms with E-state index in [4.69, 9.17) is 21.1 Å². The molecule has 5 atom stereocenters. The first-order valence-corrected chi connectivity index (χ1v) is 16.6. The van der Waals surface area contributed by atoms with Crippen molar-refractivity contribution >= 4 is 50.1 Å². The zero-order chi connectivity index (χ0) is 32.2. The molecule has 1 aromatic carbocycles. The maximum atomic E-state index is 13.9. The number of carbonyl (C=O) groups excluding carboxylic acids is 3. The zero-order valence-corrected chi connectivity index (χ0v) is 27.1. The first kappa shape index (κ1) is 32.0. The number of rotatable bonds is 10. The van der Waals surface area contributed by atoms with Crippen molar-refractivity contribution in [3.05, 3.63) is 42.1 Å². The second-order valence-corrected chi connectivity index (χ2v) is 15.5. The Bertz CT molecular complexity index is 1620. The number of methoxy groups -OCH3 is 1. The summed E-state index contributed by atoms with van der Waals surface area (Å²) in [6, 6.07) is 4.28. The number of likely N-dealkylation sites (tertiary alicyclic amines) is 1. The van der Waals surface area contributed by atoms with E-state index in [1.807, 2.05) is 27.7 Å². The molecule has 3 aliphatic rings. The number of hydrogen-bond donors (Lipinski definition) is 2. The molecule has 44 heavy (non-hydrogen) atoms. The van der Waals surface area contributed by atoms with Gasteiger partial charge in [0.15, 0.2) is 0 Å². The highest BCUT2D eigenvalue weighted by Gasteiger charge is 2.62. The van der Waals surface area contributed by atoms with Crippen LogP contribution in [0.3, 0.4) is 0 Å². The topological polar surface area (TPSA) is 144 Å². The normalized spacial score (nSPS) is 25.7. The van der Waals surface area contributed by atoms with Crippen molar-refractivity contribution < 1.29 is 32.3 Å². The highest BCUT2D eigenvalue weighted by molar-refractivity contribution is 7.91. The third-order valence-electron chi connectivity index (χ3n) is 9.04. The van der Waals surface area contributed by atoms with E-state index < -0.39 is 56.6 Å². The molecule has 0 spiro atoms. The van der Waals surface area contributed by atoms with Crippen molar-refractivity contribution in [2.45, 2.75) is 76.3 Å². The summed E-state index contributed by atoms with van der Waals surface area (Å²) in [6.07, 6.45) is 3.76. The number of nitrogens with one attached hydrogen (secondary N) is 2. The first-order valence-electron chi connectivity index (χ1n) is 14.7. The molecular weight excluding hydrogens is 608 g/mol. The van der Waals surface area contributed by atoms with Gasteiger partial charge >= 0.3 is 0 Å². The molecule has 1 aliphatic heterocycles. The number of benzene rings is 1. The highest BCUT2D eigenvalue weighted by Crippen LogP contribution is 2.46. The number of carbonyl (C=O) groups is 3. The second-order valence-electron chi connectivity index (χ2n) is 13.1. The Morgan fingerprint density at radius 2 is 1.93 bits per heavy atom. The van der Waals surface area contributed by atoms with Crippen LogP contribution in [0.2, 0.25) is 5.02 Å². The van der Waals surface area contributed by atoms with Gasteiger partial charge in [0.1, 0.15) is 23.4 Å². The van der Waals surface area contributed by atoms with Crippen LogP contribution in [0.4, 0.5) is 0 Å². The largest absolute Gasteiger partial charge is 0.494 e. The molecule has 0 radical (unpaired) electrons. The van der Waals surface area contributed by atoms with Crippen LogP contribution >= 0.6 is 11.6 Å². The molecule has 13 heteroatoms. The molecule has 0 bridgehead atoms. The summed E-state index contributed by atoms with van der Waals surface area (Å²) in [7, 11) is -2.29. The number of sulfonamides is 1. The first-order chi connectivity index (χ1) is 20.6. The number of aromatic nitrogens is 1. The van der Waals surface area contributed by atoms with E-state index in [2.05, 4.69) is 21.6 Å². The molecule has 2 aliphatic carbocycles. The molecule has 238 valence electrons. The second kappa shape index (κ2) is 11.5. The monoisotopic (exact) mass is 646 g/mol. The van der Waals surface area contributed by atoms with Crippen LogP contribution in [-0.2, 0) is 24.4 Å². The van der Waals surface area contributed by atoms with Crippen molar-refractivity contribution in [3.8, 4) is 11.6 Å². The molecule has 1 saturated heterocycles. The van der Waals surface area contributed by atoms with Gasteiger partial charge in [0.2, 0.25) is 27.7 Å². The quantitative estimate of drug-likeness (QED) is 0.373. The number of hydrogen-bond acceptors (Lipinski definition) is 8. The fraction of sp³-hybridized carbons (Fsp3) is 0.548. The van der Waals surface area contributed by atoms with Gasteiger partial charge in [-0.25, -0.2) is 13.4 Å². The minimum atomic E-state index is -3.83. The highest BCUT2D eigenvalue weighted by atomic mass is 35.5. The van der Waals surface area contributed by atoms with Gasteiger partial charge < -0.3 is 19.7 Å². The van der Waals surface area contributed by atoms with Crippen molar-refractivity contribution in [2.24, 2.45) is 17.3 Å². The van der Waals surface area contributed by atoms with Gasteiger partial charge in [-0.1, -0.05) is 45.4 Å². The van der Waals surface area contributed by atoms with E-state index >= 15 is 0 Å². The fourth-order valence-corrected chi connectivity index (χ4v) is 7.13. The summed E-state index contributed by atoms with van der Waals surface area (Å²) < 4.78 is 39.0. The van der Waals surface area contributed by atoms with Gasteiger partial charge in [-0.2, -0.15) is 0 Å². The molecule has 0 unspecified atom stereocenters. The van der Waals surface area contributed by atoms with Gasteiger partial charge in [0.25, 0.3) is 5.91 Å². The number of nitrogens with zero attached hydrogens (tertiary/aromatic N) is 2. The molecular formula is C31H39ClN4O7S. The standard InChI is InChI=1S/C31H39ClN4O7S/c1-7-18-14-31(18,29(39)35-44(40,41)21-9-10-21)34-26(37)24-13-20(16-36(24)28(38)17(2)30(3,4)5)43-27-23-12-19(32)8-11-22(23)25(42-6)15-33-27/h7-8,11-12,15,17-18,20-21,24H,1,9-10,13-14,16H2,2-6H3,(H,34,37)(H,35,39)/t17-,18-,20-,24+,31-/m1/s1. The molecule has 1 aromatic heterocycles. The summed E-state index contributed by atoms with van der Waals surface area (Å²) in [5, 5.41) is 4.04. The van der Waals surface area contributed by atoms with Crippen molar-refractivity contribution in [1.29, 1.82) is 0 Å². The third-order valence-corrected chi connectivity index (χ3v) is 11.1. The van der Waals surface area contributed by atoms with E-state index in [9.17, 15) is 22.8 Å². The van der Waals surface area contributed by atoms with Crippen LogP contribution in [0.1, 0.15) is 53.4 Å². The van der Waals surface area contributed by atoms with Crippen LogP contribution in [-0.4, -0.2) is 72.6 Å². The van der Waals surface area contributed by atoms with Gasteiger partial charge in [-0.3, -0.25) is 19.1 Å². The Labute approximate surface area is 262 Å². The van der Waals surface area contributed by atoms with Crippen LogP contribution in [0, 0.1) is 17.3 Å². The summed E-state index contributed by atoms with van der Waals surface area (Å²) in [5.74, 6) is -1.66. The van der Waals surface area contributed by atoms with Crippen LogP contribution in [0.15, 0.2) is 37.1 Å². The predicted octanol–water partition coefficient (Wildman–Crippen LogP) is 3.60. The number of ether oxygens (including phenoxy) is 2. The predicted molar refractivity (Wildman–Crippen MR) is 166 cm³/mol. The number of amides is 3. The summed E-state index contributed by atoms with van der Waals surface area (Å²) >= 11 is 6.28. The maximum Gasteiger partial charge on any atom is 0.259 e. The Balaban J connectivity index is 1.42. The van der Waals surface area contributed by atoms with Gasteiger partial charge in [-0.15, -0.1) is 6.58 Å². The lowest BCUT2D eigenvalue weighted by atomic mass is 9.81. The number of halogens is 1. The Morgan fingerprint density at radius 1 is 1.23 bits per heavy atom. The number of fused-ring (bicyclic) bond motifs is 1. The Hall–Kier alpha value is -3.38. The molecule has 5 rings (SSSR count). The van der Waals surface area contributed by atoms with Crippen LogP contribution in [0.5, 0.6) is 11.6 Å². The smallest absolute Gasteiger partial charge is 0.259 e. The van der Waals surface area contributed by atoms with E-state index in [1.54, 1.807) is 18.2 Å². The van der Waals surface area contributed by atoms with E-state index in [0.29, 0.717) is 29.0 Å². The van der Waals surface area contributed by atoms with Gasteiger partial charge in [0, 0.05) is 34.1 Å². The lowest BCUT2D eigenvalue weighted by Crippen LogP contribution is -2.57. The molecule has 2 aromatic rings. The fourth-order valence-electron chi connectivity index (χ4n) is 5.59. The molecule has 2 heterocycles.